The third-order valence-corrected chi connectivity index (χ3v) is 3.82. The molecule has 0 unspecified atom stereocenters. The molecule has 0 aliphatic heterocycles. The van der Waals surface area contributed by atoms with Crippen molar-refractivity contribution in [2.75, 3.05) is 5.32 Å². The summed E-state index contributed by atoms with van der Waals surface area (Å²) in [5.41, 5.74) is 1.39. The number of hydrogen-bond acceptors (Lipinski definition) is 4. The van der Waals surface area contributed by atoms with Crippen molar-refractivity contribution in [3.63, 3.8) is 0 Å². The highest BCUT2D eigenvalue weighted by molar-refractivity contribution is 5.93. The highest BCUT2D eigenvalue weighted by atomic mass is 19.4. The molecule has 130 valence electrons. The van der Waals surface area contributed by atoms with Crippen molar-refractivity contribution in [3.05, 3.63) is 66.6 Å². The number of aromatic nitrogens is 4. The average Bonchev–Trinajstić information content (AvgIpc) is 3.05. The smallest absolute Gasteiger partial charge is 0.345 e. The second-order valence-corrected chi connectivity index (χ2v) is 5.58. The molecule has 4 rings (SSSR count). The van der Waals surface area contributed by atoms with Gasteiger partial charge < -0.3 is 10.3 Å². The van der Waals surface area contributed by atoms with Crippen LogP contribution < -0.4 is 5.32 Å². The first kappa shape index (κ1) is 16.1. The molecule has 0 aliphatic rings. The summed E-state index contributed by atoms with van der Waals surface area (Å²) < 4.78 is 38.9. The number of pyridine rings is 1. The van der Waals surface area contributed by atoms with Gasteiger partial charge in [-0.2, -0.15) is 13.2 Å². The molecule has 0 spiro atoms. The van der Waals surface area contributed by atoms with Crippen molar-refractivity contribution in [2.45, 2.75) is 6.18 Å². The number of fused-ring (bicyclic) bond motifs is 1. The van der Waals surface area contributed by atoms with Crippen LogP contribution in [0.2, 0.25) is 0 Å². The number of benzene rings is 1. The minimum Gasteiger partial charge on any atom is -0.345 e. The predicted molar refractivity (Wildman–Crippen MR) is 91.8 cm³/mol. The first-order valence-corrected chi connectivity index (χ1v) is 7.70. The lowest BCUT2D eigenvalue weighted by molar-refractivity contribution is -0.137. The molecular weight excluding hydrogens is 343 g/mol. The Bertz CT molecular complexity index is 1060. The van der Waals surface area contributed by atoms with Crippen LogP contribution in [-0.4, -0.2) is 19.9 Å². The fourth-order valence-corrected chi connectivity index (χ4v) is 2.59. The summed E-state index contributed by atoms with van der Waals surface area (Å²) in [6.45, 7) is 0. The number of anilines is 2. The lowest BCUT2D eigenvalue weighted by Gasteiger charge is -2.07. The lowest BCUT2D eigenvalue weighted by atomic mass is 10.1. The van der Waals surface area contributed by atoms with Crippen LogP contribution in [0, 0.1) is 0 Å². The van der Waals surface area contributed by atoms with Crippen molar-refractivity contribution in [2.24, 2.45) is 0 Å². The number of alkyl halides is 3. The number of H-pyrrole nitrogens is 1. The highest BCUT2D eigenvalue weighted by Crippen LogP contribution is 2.33. The van der Waals surface area contributed by atoms with Crippen LogP contribution in [0.15, 0.2) is 61.1 Å². The van der Waals surface area contributed by atoms with Crippen molar-refractivity contribution in [1.82, 2.24) is 19.9 Å². The van der Waals surface area contributed by atoms with E-state index in [1.54, 1.807) is 18.5 Å². The Morgan fingerprint density at radius 1 is 1.00 bits per heavy atom. The zero-order chi connectivity index (χ0) is 18.1. The summed E-state index contributed by atoms with van der Waals surface area (Å²) >= 11 is 0. The maximum atomic E-state index is 13.0. The average molecular weight is 355 g/mol. The van der Waals surface area contributed by atoms with E-state index in [9.17, 15) is 13.2 Å². The number of aromatic amines is 1. The van der Waals surface area contributed by atoms with Crippen LogP contribution >= 0.6 is 0 Å². The van der Waals surface area contributed by atoms with Gasteiger partial charge in [-0.3, -0.25) is 0 Å². The van der Waals surface area contributed by atoms with Gasteiger partial charge in [0.25, 0.3) is 0 Å². The number of para-hydroxylation sites is 1. The number of rotatable bonds is 3. The minimum absolute atomic E-state index is 0.350. The first-order valence-electron chi connectivity index (χ1n) is 7.70. The van der Waals surface area contributed by atoms with Gasteiger partial charge in [0.2, 0.25) is 5.95 Å². The van der Waals surface area contributed by atoms with E-state index in [-0.39, 0.29) is 0 Å². The fourth-order valence-electron chi connectivity index (χ4n) is 2.59. The van der Waals surface area contributed by atoms with Gasteiger partial charge in [0.05, 0.1) is 11.3 Å². The Hall–Kier alpha value is -3.42. The van der Waals surface area contributed by atoms with E-state index in [1.807, 2.05) is 30.3 Å². The maximum Gasteiger partial charge on any atom is 0.417 e. The van der Waals surface area contributed by atoms with Gasteiger partial charge in [-0.05, 0) is 24.3 Å². The van der Waals surface area contributed by atoms with Crippen molar-refractivity contribution < 1.29 is 13.2 Å². The second-order valence-electron chi connectivity index (χ2n) is 5.58. The van der Waals surface area contributed by atoms with E-state index in [0.29, 0.717) is 28.2 Å². The standard InChI is InChI=1S/C18H12F3N5/c19-18(20,21)11-8-13-14(10-24-16(13)23-9-11)15-6-7-22-17(26-15)25-12-4-2-1-3-5-12/h1-10H,(H,23,24)(H,22,25,26). The Morgan fingerprint density at radius 3 is 2.58 bits per heavy atom. The molecule has 0 saturated carbocycles. The molecule has 0 radical (unpaired) electrons. The van der Waals surface area contributed by atoms with Gasteiger partial charge >= 0.3 is 6.18 Å². The van der Waals surface area contributed by atoms with Gasteiger partial charge in [0.15, 0.2) is 0 Å². The first-order chi connectivity index (χ1) is 12.5. The molecule has 3 aromatic heterocycles. The summed E-state index contributed by atoms with van der Waals surface area (Å²) in [4.78, 5) is 15.3. The molecule has 2 N–H and O–H groups in total. The summed E-state index contributed by atoms with van der Waals surface area (Å²) in [6, 6.07) is 12.1. The summed E-state index contributed by atoms with van der Waals surface area (Å²) in [7, 11) is 0. The van der Waals surface area contributed by atoms with E-state index < -0.39 is 11.7 Å². The molecule has 0 amide bonds. The SMILES string of the molecule is FC(F)(F)c1cnc2[nH]cc(-c3ccnc(Nc4ccccc4)n3)c2c1. The van der Waals surface area contributed by atoms with E-state index >= 15 is 0 Å². The number of hydrogen-bond donors (Lipinski definition) is 2. The monoisotopic (exact) mass is 355 g/mol. The topological polar surface area (TPSA) is 66.5 Å². The van der Waals surface area contributed by atoms with Crippen LogP contribution in [0.3, 0.4) is 0 Å². The third-order valence-electron chi connectivity index (χ3n) is 3.82. The number of nitrogens with zero attached hydrogens (tertiary/aromatic N) is 3. The van der Waals surface area contributed by atoms with E-state index in [4.69, 9.17) is 0 Å². The van der Waals surface area contributed by atoms with Crippen LogP contribution in [-0.2, 0) is 6.18 Å². The molecule has 0 bridgehead atoms. The van der Waals surface area contributed by atoms with E-state index in [1.165, 1.54) is 0 Å². The normalized spacial score (nSPS) is 11.7. The fraction of sp³-hybridized carbons (Fsp3) is 0.0556. The number of halogens is 3. The van der Waals surface area contributed by atoms with Gasteiger partial charge in [0, 0.05) is 35.2 Å². The summed E-state index contributed by atoms with van der Waals surface area (Å²) in [5, 5.41) is 3.41. The van der Waals surface area contributed by atoms with Crippen molar-refractivity contribution >= 4 is 22.7 Å². The molecule has 3 heterocycles. The van der Waals surface area contributed by atoms with Gasteiger partial charge in [-0.1, -0.05) is 18.2 Å². The minimum atomic E-state index is -4.46. The van der Waals surface area contributed by atoms with Gasteiger partial charge in [-0.25, -0.2) is 15.0 Å². The molecule has 5 nitrogen and oxygen atoms in total. The number of nitrogens with one attached hydrogen (secondary N) is 2. The summed E-state index contributed by atoms with van der Waals surface area (Å²) in [6.07, 6.45) is -0.508. The largest absolute Gasteiger partial charge is 0.417 e. The molecule has 0 aliphatic carbocycles. The molecule has 0 fully saturated rings. The van der Waals surface area contributed by atoms with Crippen LogP contribution in [0.4, 0.5) is 24.8 Å². The van der Waals surface area contributed by atoms with Crippen LogP contribution in [0.1, 0.15) is 5.56 Å². The Morgan fingerprint density at radius 2 is 1.81 bits per heavy atom. The van der Waals surface area contributed by atoms with Crippen molar-refractivity contribution in [3.8, 4) is 11.3 Å². The molecule has 0 atom stereocenters. The molecule has 26 heavy (non-hydrogen) atoms. The maximum absolute atomic E-state index is 13.0. The summed E-state index contributed by atoms with van der Waals surface area (Å²) in [5.74, 6) is 0.350. The molecular formula is C18H12F3N5. The molecule has 8 heteroatoms. The van der Waals surface area contributed by atoms with Gasteiger partial charge in [0.1, 0.15) is 5.65 Å². The Balaban J connectivity index is 1.74. The Labute approximate surface area is 146 Å². The van der Waals surface area contributed by atoms with E-state index in [2.05, 4.69) is 25.3 Å². The quantitative estimate of drug-likeness (QED) is 0.555. The third kappa shape index (κ3) is 3.08. The van der Waals surface area contributed by atoms with E-state index in [0.717, 1.165) is 18.0 Å². The lowest BCUT2D eigenvalue weighted by Crippen LogP contribution is -2.05. The molecule has 0 saturated heterocycles. The zero-order valence-electron chi connectivity index (χ0n) is 13.2. The zero-order valence-corrected chi connectivity index (χ0v) is 13.2. The second kappa shape index (κ2) is 6.14. The predicted octanol–water partition coefficient (Wildman–Crippen LogP) is 4.78. The Kier molecular flexibility index (Phi) is 3.80. The highest BCUT2D eigenvalue weighted by Gasteiger charge is 2.31. The van der Waals surface area contributed by atoms with Crippen LogP contribution in [0.25, 0.3) is 22.3 Å². The van der Waals surface area contributed by atoms with Crippen LogP contribution in [0.5, 0.6) is 0 Å². The molecule has 4 aromatic rings. The van der Waals surface area contributed by atoms with Crippen molar-refractivity contribution in [1.29, 1.82) is 0 Å². The molecule has 1 aromatic carbocycles. The van der Waals surface area contributed by atoms with Gasteiger partial charge in [-0.15, -0.1) is 0 Å².